The van der Waals surface area contributed by atoms with Gasteiger partial charge < -0.3 is 4.74 Å². The first-order valence-corrected chi connectivity index (χ1v) is 9.35. The molecule has 5 nitrogen and oxygen atoms in total. The Hall–Kier alpha value is -2.60. The number of methoxy groups -OCH3 is 1. The number of H-pyrrole nitrogens is 1. The molecule has 0 saturated heterocycles. The monoisotopic (exact) mass is 367 g/mol. The summed E-state index contributed by atoms with van der Waals surface area (Å²) in [5, 5.41) is 7.44. The highest BCUT2D eigenvalue weighted by molar-refractivity contribution is 8.00. The number of aromatic nitrogens is 3. The molecule has 3 aromatic rings. The van der Waals surface area contributed by atoms with Crippen molar-refractivity contribution in [3.63, 3.8) is 0 Å². The van der Waals surface area contributed by atoms with Gasteiger partial charge >= 0.3 is 0 Å². The maximum absolute atomic E-state index is 12.6. The highest BCUT2D eigenvalue weighted by Gasteiger charge is 2.19. The molecule has 1 heterocycles. The molecule has 0 bridgehead atoms. The van der Waals surface area contributed by atoms with Crippen LogP contribution < -0.4 is 4.74 Å². The largest absolute Gasteiger partial charge is 0.497 e. The SMILES string of the molecule is CCc1ccc(C(=O)[C@H](C)Sc2n[nH]c(-c3ccc(OC)cc3)n2)cc1. The molecule has 0 unspecified atom stereocenters. The first kappa shape index (κ1) is 18.2. The second-order valence-corrected chi connectivity index (χ2v) is 7.18. The third kappa shape index (κ3) is 4.14. The highest BCUT2D eigenvalue weighted by Crippen LogP contribution is 2.25. The standard InChI is InChI=1S/C20H21N3O2S/c1-4-14-5-7-15(8-6-14)18(24)13(2)26-20-21-19(22-23-20)16-9-11-17(25-3)12-10-16/h5-13H,4H2,1-3H3,(H,21,22,23)/t13-/m0/s1. The van der Waals surface area contributed by atoms with Gasteiger partial charge in [0.15, 0.2) is 11.6 Å². The van der Waals surface area contributed by atoms with Crippen molar-refractivity contribution in [1.82, 2.24) is 15.2 Å². The number of carbonyl (C=O) groups excluding carboxylic acids is 1. The number of aromatic amines is 1. The lowest BCUT2D eigenvalue weighted by Gasteiger charge is -2.08. The minimum absolute atomic E-state index is 0.0773. The number of nitrogens with one attached hydrogen (secondary N) is 1. The average molecular weight is 367 g/mol. The van der Waals surface area contributed by atoms with E-state index in [0.29, 0.717) is 16.5 Å². The zero-order valence-corrected chi connectivity index (χ0v) is 15.8. The molecular formula is C20H21N3O2S. The number of benzene rings is 2. The summed E-state index contributed by atoms with van der Waals surface area (Å²) in [6.07, 6.45) is 0.962. The molecule has 0 radical (unpaired) electrons. The molecule has 0 fully saturated rings. The predicted molar refractivity (Wildman–Crippen MR) is 104 cm³/mol. The van der Waals surface area contributed by atoms with Crippen LogP contribution in [0.1, 0.15) is 29.8 Å². The van der Waals surface area contributed by atoms with Gasteiger partial charge in [0.1, 0.15) is 5.75 Å². The van der Waals surface area contributed by atoms with E-state index in [1.165, 1.54) is 17.3 Å². The Morgan fingerprint density at radius 2 is 1.85 bits per heavy atom. The van der Waals surface area contributed by atoms with E-state index in [1.54, 1.807) is 7.11 Å². The van der Waals surface area contributed by atoms with Gasteiger partial charge in [-0.25, -0.2) is 4.98 Å². The molecule has 0 aliphatic rings. The lowest BCUT2D eigenvalue weighted by molar-refractivity contribution is 0.0994. The van der Waals surface area contributed by atoms with Crippen LogP contribution >= 0.6 is 11.8 Å². The molecule has 1 N–H and O–H groups in total. The first-order valence-electron chi connectivity index (χ1n) is 8.47. The van der Waals surface area contributed by atoms with Crippen LogP contribution in [0.15, 0.2) is 53.7 Å². The third-order valence-electron chi connectivity index (χ3n) is 4.13. The lowest BCUT2D eigenvalue weighted by Crippen LogP contribution is -2.13. The molecule has 0 amide bonds. The Labute approximate surface area is 157 Å². The number of Topliss-reactive ketones (excluding diaryl/α,β-unsaturated/α-hetero) is 1. The van der Waals surface area contributed by atoms with Crippen molar-refractivity contribution in [3.05, 3.63) is 59.7 Å². The minimum atomic E-state index is -0.262. The summed E-state index contributed by atoms with van der Waals surface area (Å²) < 4.78 is 5.16. The molecular weight excluding hydrogens is 346 g/mol. The summed E-state index contributed by atoms with van der Waals surface area (Å²) >= 11 is 1.35. The van der Waals surface area contributed by atoms with Crippen molar-refractivity contribution in [1.29, 1.82) is 0 Å². The molecule has 2 aromatic carbocycles. The number of hydrogen-bond acceptors (Lipinski definition) is 5. The topological polar surface area (TPSA) is 67.9 Å². The second-order valence-electron chi connectivity index (χ2n) is 5.87. The predicted octanol–water partition coefficient (Wildman–Crippen LogP) is 4.41. The Morgan fingerprint density at radius 3 is 2.46 bits per heavy atom. The van der Waals surface area contributed by atoms with Crippen molar-refractivity contribution in [2.45, 2.75) is 30.7 Å². The molecule has 0 spiro atoms. The first-order chi connectivity index (χ1) is 12.6. The molecule has 0 aliphatic carbocycles. The van der Waals surface area contributed by atoms with Gasteiger partial charge in [0.25, 0.3) is 0 Å². The van der Waals surface area contributed by atoms with Gasteiger partial charge in [0.2, 0.25) is 5.16 Å². The smallest absolute Gasteiger partial charge is 0.209 e. The number of hydrogen-bond donors (Lipinski definition) is 1. The molecule has 6 heteroatoms. The highest BCUT2D eigenvalue weighted by atomic mass is 32.2. The molecule has 0 saturated carbocycles. The van der Waals surface area contributed by atoms with Crippen molar-refractivity contribution >= 4 is 17.5 Å². The van der Waals surface area contributed by atoms with E-state index in [2.05, 4.69) is 22.1 Å². The van der Waals surface area contributed by atoms with E-state index < -0.39 is 0 Å². The second kappa shape index (κ2) is 8.19. The lowest BCUT2D eigenvalue weighted by atomic mass is 10.1. The maximum atomic E-state index is 12.6. The van der Waals surface area contributed by atoms with E-state index in [9.17, 15) is 4.79 Å². The fourth-order valence-corrected chi connectivity index (χ4v) is 3.33. The van der Waals surface area contributed by atoms with E-state index in [-0.39, 0.29) is 11.0 Å². The fourth-order valence-electron chi connectivity index (χ4n) is 2.53. The number of thioether (sulfide) groups is 1. The number of ketones is 1. The van der Waals surface area contributed by atoms with Gasteiger partial charge in [-0.15, -0.1) is 5.10 Å². The summed E-state index contributed by atoms with van der Waals surface area (Å²) in [5.74, 6) is 1.53. The minimum Gasteiger partial charge on any atom is -0.497 e. The number of aryl methyl sites for hydroxylation is 1. The Kier molecular flexibility index (Phi) is 5.73. The van der Waals surface area contributed by atoms with Crippen molar-refractivity contribution in [2.24, 2.45) is 0 Å². The fraction of sp³-hybridized carbons (Fsp3) is 0.250. The summed E-state index contributed by atoms with van der Waals surface area (Å²) in [6, 6.07) is 15.3. The van der Waals surface area contributed by atoms with E-state index in [1.807, 2.05) is 55.5 Å². The number of rotatable bonds is 7. The summed E-state index contributed by atoms with van der Waals surface area (Å²) in [6.45, 7) is 3.98. The Balaban J connectivity index is 1.68. The molecule has 1 atom stereocenters. The Bertz CT molecular complexity index is 873. The van der Waals surface area contributed by atoms with E-state index in [0.717, 1.165) is 17.7 Å². The normalized spacial score (nSPS) is 12.0. The van der Waals surface area contributed by atoms with Crippen LogP contribution in [-0.4, -0.2) is 33.3 Å². The summed E-state index contributed by atoms with van der Waals surface area (Å²) in [5.41, 5.74) is 2.85. The van der Waals surface area contributed by atoms with Crippen molar-refractivity contribution < 1.29 is 9.53 Å². The van der Waals surface area contributed by atoms with Gasteiger partial charge in [-0.1, -0.05) is 43.0 Å². The van der Waals surface area contributed by atoms with Gasteiger partial charge in [0.05, 0.1) is 12.4 Å². The van der Waals surface area contributed by atoms with Gasteiger partial charge in [0, 0.05) is 11.1 Å². The number of carbonyl (C=O) groups is 1. The Morgan fingerprint density at radius 1 is 1.15 bits per heavy atom. The van der Waals surface area contributed by atoms with Crippen molar-refractivity contribution in [2.75, 3.05) is 7.11 Å². The quantitative estimate of drug-likeness (QED) is 0.495. The third-order valence-corrected chi connectivity index (χ3v) is 5.09. The van der Waals surface area contributed by atoms with Crippen LogP contribution in [0, 0.1) is 0 Å². The van der Waals surface area contributed by atoms with Crippen LogP contribution in [0.3, 0.4) is 0 Å². The van der Waals surface area contributed by atoms with Gasteiger partial charge in [-0.3, -0.25) is 9.89 Å². The van der Waals surface area contributed by atoms with Crippen LogP contribution in [0.25, 0.3) is 11.4 Å². The molecule has 26 heavy (non-hydrogen) atoms. The zero-order chi connectivity index (χ0) is 18.5. The molecule has 134 valence electrons. The molecule has 1 aromatic heterocycles. The summed E-state index contributed by atoms with van der Waals surface area (Å²) in [7, 11) is 1.63. The number of ether oxygens (including phenoxy) is 1. The number of nitrogens with zero attached hydrogens (tertiary/aromatic N) is 2. The van der Waals surface area contributed by atoms with Crippen LogP contribution in [-0.2, 0) is 6.42 Å². The average Bonchev–Trinajstić information content (AvgIpc) is 3.16. The summed E-state index contributed by atoms with van der Waals surface area (Å²) in [4.78, 5) is 17.1. The zero-order valence-electron chi connectivity index (χ0n) is 15.0. The molecule has 3 rings (SSSR count). The maximum Gasteiger partial charge on any atom is 0.209 e. The molecule has 0 aliphatic heterocycles. The van der Waals surface area contributed by atoms with Crippen LogP contribution in [0.2, 0.25) is 0 Å². The van der Waals surface area contributed by atoms with Crippen LogP contribution in [0.5, 0.6) is 5.75 Å². The van der Waals surface area contributed by atoms with Crippen molar-refractivity contribution in [3.8, 4) is 17.1 Å². The van der Waals surface area contributed by atoms with E-state index in [4.69, 9.17) is 4.74 Å². The van der Waals surface area contributed by atoms with Gasteiger partial charge in [-0.05, 0) is 43.2 Å². The van der Waals surface area contributed by atoms with Gasteiger partial charge in [-0.2, -0.15) is 0 Å². The van der Waals surface area contributed by atoms with Crippen LogP contribution in [0.4, 0.5) is 0 Å². The van der Waals surface area contributed by atoms with E-state index >= 15 is 0 Å².